The number of hydrogen-bond acceptors (Lipinski definition) is 6. The Morgan fingerprint density at radius 2 is 1.97 bits per heavy atom. The fourth-order valence-electron chi connectivity index (χ4n) is 3.44. The minimum absolute atomic E-state index is 0.0455. The zero-order valence-electron chi connectivity index (χ0n) is 18.5. The molecule has 0 saturated carbocycles. The van der Waals surface area contributed by atoms with Crippen molar-refractivity contribution in [3.63, 3.8) is 0 Å². The summed E-state index contributed by atoms with van der Waals surface area (Å²) in [6.45, 7) is 3.70. The lowest BCUT2D eigenvalue weighted by molar-refractivity contribution is -0.113. The highest BCUT2D eigenvalue weighted by molar-refractivity contribution is 7.99. The van der Waals surface area contributed by atoms with E-state index in [0.717, 1.165) is 23.0 Å². The van der Waals surface area contributed by atoms with E-state index in [0.29, 0.717) is 38.3 Å². The molecule has 1 N–H and O–H groups in total. The van der Waals surface area contributed by atoms with Gasteiger partial charge in [0.05, 0.1) is 35.1 Å². The first-order valence-corrected chi connectivity index (χ1v) is 11.4. The van der Waals surface area contributed by atoms with Crippen molar-refractivity contribution in [2.45, 2.75) is 19.0 Å². The average molecular weight is 484 g/mol. The second kappa shape index (κ2) is 9.29. The van der Waals surface area contributed by atoms with Crippen LogP contribution < -0.4 is 15.6 Å². The summed E-state index contributed by atoms with van der Waals surface area (Å²) < 4.78 is 8.58. The Balaban J connectivity index is 1.76. The first-order valence-electron chi connectivity index (χ1n) is 10.1. The van der Waals surface area contributed by atoms with Crippen molar-refractivity contribution >= 4 is 46.0 Å². The van der Waals surface area contributed by atoms with Gasteiger partial charge in [-0.15, -0.1) is 0 Å². The van der Waals surface area contributed by atoms with Gasteiger partial charge < -0.3 is 10.1 Å². The highest BCUT2D eigenvalue weighted by Gasteiger charge is 2.19. The van der Waals surface area contributed by atoms with Crippen LogP contribution in [0.3, 0.4) is 0 Å². The molecule has 170 valence electrons. The second-order valence-corrected chi connectivity index (χ2v) is 8.81. The summed E-state index contributed by atoms with van der Waals surface area (Å²) in [6.07, 6.45) is 0. The number of thioether (sulfide) groups is 1. The van der Waals surface area contributed by atoms with E-state index in [2.05, 4.69) is 15.4 Å². The van der Waals surface area contributed by atoms with Crippen LogP contribution in [0.15, 0.2) is 52.4 Å². The molecule has 4 aromatic rings. The number of nitrogens with one attached hydrogen (secondary N) is 1. The van der Waals surface area contributed by atoms with Gasteiger partial charge >= 0.3 is 0 Å². The predicted octanol–water partition coefficient (Wildman–Crippen LogP) is 4.13. The molecule has 0 radical (unpaired) electrons. The average Bonchev–Trinajstić information content (AvgIpc) is 3.10. The van der Waals surface area contributed by atoms with Gasteiger partial charge in [0, 0.05) is 24.2 Å². The Morgan fingerprint density at radius 1 is 1.21 bits per heavy atom. The first-order chi connectivity index (χ1) is 15.8. The van der Waals surface area contributed by atoms with Gasteiger partial charge in [0.25, 0.3) is 5.56 Å². The molecular formula is C23H22ClN5O3S. The van der Waals surface area contributed by atoms with Gasteiger partial charge in [-0.2, -0.15) is 5.10 Å². The third kappa shape index (κ3) is 4.60. The number of carbonyl (C=O) groups excluding carboxylic acids is 1. The van der Waals surface area contributed by atoms with Crippen molar-refractivity contribution in [3.05, 3.63) is 69.1 Å². The van der Waals surface area contributed by atoms with Gasteiger partial charge in [-0.05, 0) is 37.6 Å². The number of methoxy groups -OCH3 is 1. The van der Waals surface area contributed by atoms with Crippen LogP contribution >= 0.6 is 23.4 Å². The number of aromatic nitrogens is 4. The van der Waals surface area contributed by atoms with Gasteiger partial charge in [-0.25, -0.2) is 4.98 Å². The Bertz CT molecular complexity index is 1430. The molecular weight excluding hydrogens is 462 g/mol. The number of nitrogens with zero attached hydrogens (tertiary/aromatic N) is 4. The number of aryl methyl sites for hydroxylation is 3. The van der Waals surface area contributed by atoms with E-state index < -0.39 is 0 Å². The Labute approximate surface area is 199 Å². The standard InChI is InChI=1S/C23H22ClN5O3S/c1-13-9-18(19(32-4)11-16(13)24)29-22(31)15-7-5-6-8-17(15)25-23(29)33-12-21(30)26-20-10-14(2)27-28(20)3/h5-11H,12H2,1-4H3,(H,26,30). The fraction of sp³-hybridized carbons (Fsp3) is 0.217. The number of benzene rings is 2. The summed E-state index contributed by atoms with van der Waals surface area (Å²) >= 11 is 7.43. The van der Waals surface area contributed by atoms with Gasteiger partial charge in [0.2, 0.25) is 5.91 Å². The van der Waals surface area contributed by atoms with Crippen molar-refractivity contribution < 1.29 is 9.53 Å². The first kappa shape index (κ1) is 22.9. The van der Waals surface area contributed by atoms with Gasteiger partial charge in [0.1, 0.15) is 11.6 Å². The van der Waals surface area contributed by atoms with Gasteiger partial charge in [0.15, 0.2) is 5.16 Å². The lowest BCUT2D eigenvalue weighted by Crippen LogP contribution is -2.23. The van der Waals surface area contributed by atoms with Crippen molar-refractivity contribution in [1.82, 2.24) is 19.3 Å². The van der Waals surface area contributed by atoms with E-state index >= 15 is 0 Å². The van der Waals surface area contributed by atoms with Crippen molar-refractivity contribution in [3.8, 4) is 11.4 Å². The maximum absolute atomic E-state index is 13.5. The highest BCUT2D eigenvalue weighted by Crippen LogP contribution is 2.32. The Kier molecular flexibility index (Phi) is 6.44. The second-order valence-electron chi connectivity index (χ2n) is 7.46. The Hall–Kier alpha value is -3.30. The molecule has 1 amide bonds. The molecule has 8 nitrogen and oxygen atoms in total. The van der Waals surface area contributed by atoms with E-state index in [4.69, 9.17) is 16.3 Å². The normalized spacial score (nSPS) is 11.1. The van der Waals surface area contributed by atoms with E-state index in [1.807, 2.05) is 19.9 Å². The lowest BCUT2D eigenvalue weighted by Gasteiger charge is -2.17. The van der Waals surface area contributed by atoms with E-state index in [1.54, 1.807) is 48.1 Å². The number of halogens is 1. The summed E-state index contributed by atoms with van der Waals surface area (Å²) in [6, 6.07) is 12.3. The largest absolute Gasteiger partial charge is 0.495 e. The number of hydrogen-bond donors (Lipinski definition) is 1. The number of fused-ring (bicyclic) bond motifs is 1. The number of rotatable bonds is 6. The van der Waals surface area contributed by atoms with Gasteiger partial charge in [-0.1, -0.05) is 35.5 Å². The zero-order chi connectivity index (χ0) is 23.7. The maximum atomic E-state index is 13.5. The quantitative estimate of drug-likeness (QED) is 0.327. The molecule has 0 fully saturated rings. The van der Waals surface area contributed by atoms with Gasteiger partial charge in [-0.3, -0.25) is 18.8 Å². The monoisotopic (exact) mass is 483 g/mol. The summed E-state index contributed by atoms with van der Waals surface area (Å²) in [5.74, 6) is 0.832. The van der Waals surface area contributed by atoms with Crippen molar-refractivity contribution in [2.24, 2.45) is 7.05 Å². The molecule has 0 bridgehead atoms. The molecule has 0 unspecified atom stereocenters. The molecule has 10 heteroatoms. The van der Waals surface area contributed by atoms with Crippen molar-refractivity contribution in [2.75, 3.05) is 18.2 Å². The molecule has 0 aliphatic rings. The molecule has 2 aromatic carbocycles. The minimum Gasteiger partial charge on any atom is -0.495 e. The number of para-hydroxylation sites is 1. The molecule has 2 heterocycles. The van der Waals surface area contributed by atoms with Crippen LogP contribution in [0.5, 0.6) is 5.75 Å². The van der Waals surface area contributed by atoms with Crippen molar-refractivity contribution in [1.29, 1.82) is 0 Å². The van der Waals surface area contributed by atoms with Crippen LogP contribution in [0.2, 0.25) is 5.02 Å². The lowest BCUT2D eigenvalue weighted by atomic mass is 10.2. The molecule has 0 atom stereocenters. The van der Waals surface area contributed by atoms with Crippen LogP contribution in [0.1, 0.15) is 11.3 Å². The SMILES string of the molecule is COc1cc(Cl)c(C)cc1-n1c(SCC(=O)Nc2cc(C)nn2C)nc2ccccc2c1=O. The summed E-state index contributed by atoms with van der Waals surface area (Å²) in [5, 5.41) is 8.42. The Morgan fingerprint density at radius 3 is 2.67 bits per heavy atom. The van der Waals surface area contributed by atoms with E-state index in [-0.39, 0.29) is 17.2 Å². The summed E-state index contributed by atoms with van der Waals surface area (Å²) in [4.78, 5) is 30.8. The third-order valence-corrected chi connectivity index (χ3v) is 6.39. The molecule has 0 spiro atoms. The van der Waals surface area contributed by atoms with E-state index in [9.17, 15) is 9.59 Å². The number of ether oxygens (including phenoxy) is 1. The topological polar surface area (TPSA) is 91.0 Å². The summed E-state index contributed by atoms with van der Waals surface area (Å²) in [5.41, 5.74) is 2.38. The van der Waals surface area contributed by atoms with Crippen LogP contribution in [0, 0.1) is 13.8 Å². The van der Waals surface area contributed by atoms with Crippen LogP contribution in [0.25, 0.3) is 16.6 Å². The maximum Gasteiger partial charge on any atom is 0.266 e. The molecule has 0 aliphatic carbocycles. The van der Waals surface area contributed by atoms with Crippen LogP contribution in [-0.4, -0.2) is 38.1 Å². The predicted molar refractivity (Wildman–Crippen MR) is 131 cm³/mol. The third-order valence-electron chi connectivity index (χ3n) is 5.05. The number of carbonyl (C=O) groups is 1. The molecule has 2 aromatic heterocycles. The van der Waals surface area contributed by atoms with Crippen LogP contribution in [0.4, 0.5) is 5.82 Å². The molecule has 33 heavy (non-hydrogen) atoms. The highest BCUT2D eigenvalue weighted by atomic mass is 35.5. The number of anilines is 1. The minimum atomic E-state index is -0.259. The fourth-order valence-corrected chi connectivity index (χ4v) is 4.40. The zero-order valence-corrected chi connectivity index (χ0v) is 20.1. The summed E-state index contributed by atoms with van der Waals surface area (Å²) in [7, 11) is 3.27. The van der Waals surface area contributed by atoms with E-state index in [1.165, 1.54) is 11.7 Å². The smallest absolute Gasteiger partial charge is 0.266 e. The van der Waals surface area contributed by atoms with Crippen LogP contribution in [-0.2, 0) is 11.8 Å². The molecule has 0 aliphatic heterocycles. The number of amides is 1. The molecule has 0 saturated heterocycles. The molecule has 4 rings (SSSR count).